The van der Waals surface area contributed by atoms with Crippen molar-refractivity contribution in [3.63, 3.8) is 0 Å². The van der Waals surface area contributed by atoms with Crippen LogP contribution in [0.25, 0.3) is 0 Å². The SMILES string of the molecule is COC(C)C(O)C(O)(CNS(=O)C(C)C)C(C)O. The van der Waals surface area contributed by atoms with Crippen LogP contribution in [0.5, 0.6) is 0 Å². The summed E-state index contributed by atoms with van der Waals surface area (Å²) in [6.45, 7) is 6.28. The van der Waals surface area contributed by atoms with E-state index in [1.54, 1.807) is 20.8 Å². The van der Waals surface area contributed by atoms with E-state index in [0.717, 1.165) is 0 Å². The smallest absolute Gasteiger partial charge is 0.132 e. The van der Waals surface area contributed by atoms with Crippen molar-refractivity contribution in [1.29, 1.82) is 0 Å². The second-order valence-electron chi connectivity index (χ2n) is 4.72. The zero-order valence-electron chi connectivity index (χ0n) is 11.6. The Hall–Kier alpha value is -0.0500. The molecule has 0 aromatic rings. The summed E-state index contributed by atoms with van der Waals surface area (Å²) in [5.74, 6) is 0. The Morgan fingerprint density at radius 1 is 1.28 bits per heavy atom. The summed E-state index contributed by atoms with van der Waals surface area (Å²) >= 11 is 0. The molecule has 0 saturated carbocycles. The minimum absolute atomic E-state index is 0.125. The molecular formula is C11H25NO5S. The second-order valence-corrected chi connectivity index (χ2v) is 6.55. The van der Waals surface area contributed by atoms with Gasteiger partial charge in [0, 0.05) is 18.9 Å². The van der Waals surface area contributed by atoms with Gasteiger partial charge in [-0.1, -0.05) is 0 Å². The largest absolute Gasteiger partial charge is 0.390 e. The van der Waals surface area contributed by atoms with Gasteiger partial charge in [-0.25, -0.2) is 8.93 Å². The third-order valence-electron chi connectivity index (χ3n) is 2.98. The zero-order valence-corrected chi connectivity index (χ0v) is 12.4. The predicted octanol–water partition coefficient (Wildman–Crippen LogP) is -0.844. The molecule has 0 heterocycles. The van der Waals surface area contributed by atoms with Gasteiger partial charge in [-0.15, -0.1) is 0 Å². The Labute approximate surface area is 111 Å². The molecule has 0 spiro atoms. The number of nitrogens with one attached hydrogen (secondary N) is 1. The van der Waals surface area contributed by atoms with E-state index in [1.165, 1.54) is 14.0 Å². The molecule has 0 aromatic heterocycles. The summed E-state index contributed by atoms with van der Waals surface area (Å²) in [5, 5.41) is 29.8. The molecule has 5 atom stereocenters. The lowest BCUT2D eigenvalue weighted by molar-refractivity contribution is -0.170. The monoisotopic (exact) mass is 283 g/mol. The molecule has 110 valence electrons. The van der Waals surface area contributed by atoms with Gasteiger partial charge in [0.2, 0.25) is 0 Å². The fraction of sp³-hybridized carbons (Fsp3) is 1.00. The van der Waals surface area contributed by atoms with Crippen LogP contribution in [0.1, 0.15) is 27.7 Å². The highest BCUT2D eigenvalue weighted by molar-refractivity contribution is 7.83. The highest BCUT2D eigenvalue weighted by Crippen LogP contribution is 2.20. The first-order valence-corrected chi connectivity index (χ1v) is 7.13. The van der Waals surface area contributed by atoms with E-state index < -0.39 is 34.9 Å². The summed E-state index contributed by atoms with van der Waals surface area (Å²) in [7, 11) is 0.0593. The molecule has 18 heavy (non-hydrogen) atoms. The summed E-state index contributed by atoms with van der Waals surface area (Å²) in [6, 6.07) is 0. The lowest BCUT2D eigenvalue weighted by Gasteiger charge is -2.38. The average Bonchev–Trinajstić information content (AvgIpc) is 2.32. The van der Waals surface area contributed by atoms with Gasteiger partial charge in [0.25, 0.3) is 0 Å². The fourth-order valence-corrected chi connectivity index (χ4v) is 2.09. The van der Waals surface area contributed by atoms with E-state index in [1.807, 2.05) is 0 Å². The lowest BCUT2D eigenvalue weighted by Crippen LogP contribution is -2.61. The maximum Gasteiger partial charge on any atom is 0.132 e. The number of methoxy groups -OCH3 is 1. The lowest BCUT2D eigenvalue weighted by atomic mass is 9.88. The number of aliphatic hydroxyl groups excluding tert-OH is 2. The predicted molar refractivity (Wildman–Crippen MR) is 70.4 cm³/mol. The first kappa shape index (κ1) is 17.9. The summed E-state index contributed by atoms with van der Waals surface area (Å²) < 4.78 is 19.1. The number of aliphatic hydroxyl groups is 3. The molecule has 0 saturated heterocycles. The topological polar surface area (TPSA) is 99.0 Å². The normalized spacial score (nSPS) is 22.3. The van der Waals surface area contributed by atoms with Gasteiger partial charge in [-0.2, -0.15) is 0 Å². The van der Waals surface area contributed by atoms with Gasteiger partial charge in [0.1, 0.15) is 11.7 Å². The zero-order chi connectivity index (χ0) is 14.5. The molecule has 0 aliphatic rings. The van der Waals surface area contributed by atoms with Gasteiger partial charge in [0.05, 0.1) is 23.2 Å². The molecule has 0 fully saturated rings. The van der Waals surface area contributed by atoms with Crippen molar-refractivity contribution in [2.24, 2.45) is 0 Å². The van der Waals surface area contributed by atoms with Crippen LogP contribution >= 0.6 is 0 Å². The van der Waals surface area contributed by atoms with Gasteiger partial charge in [-0.3, -0.25) is 0 Å². The second kappa shape index (κ2) is 7.52. The van der Waals surface area contributed by atoms with Crippen molar-refractivity contribution in [2.45, 2.75) is 56.9 Å². The molecule has 4 N–H and O–H groups in total. The van der Waals surface area contributed by atoms with Crippen LogP contribution in [-0.4, -0.2) is 62.3 Å². The molecule has 0 amide bonds. The number of rotatable bonds is 8. The molecule has 7 heteroatoms. The first-order chi connectivity index (χ1) is 8.16. The molecule has 0 aliphatic heterocycles. The van der Waals surface area contributed by atoms with Crippen LogP contribution < -0.4 is 4.72 Å². The Balaban J connectivity index is 4.77. The molecule has 0 radical (unpaired) electrons. The first-order valence-electron chi connectivity index (χ1n) is 5.92. The number of hydrogen-bond acceptors (Lipinski definition) is 5. The molecule has 0 rings (SSSR count). The Morgan fingerprint density at radius 2 is 1.78 bits per heavy atom. The maximum absolute atomic E-state index is 11.6. The minimum atomic E-state index is -1.82. The van der Waals surface area contributed by atoms with Crippen LogP contribution in [0.2, 0.25) is 0 Å². The maximum atomic E-state index is 11.6. The Morgan fingerprint density at radius 3 is 2.11 bits per heavy atom. The summed E-state index contributed by atoms with van der Waals surface area (Å²) in [5.41, 5.74) is -1.82. The quantitative estimate of drug-likeness (QED) is 0.465. The summed E-state index contributed by atoms with van der Waals surface area (Å²) in [4.78, 5) is 0. The van der Waals surface area contributed by atoms with E-state index in [-0.39, 0.29) is 11.8 Å². The molecular weight excluding hydrogens is 258 g/mol. The van der Waals surface area contributed by atoms with E-state index >= 15 is 0 Å². The van der Waals surface area contributed by atoms with Crippen LogP contribution in [0, 0.1) is 0 Å². The molecule has 5 unspecified atom stereocenters. The number of ether oxygens (including phenoxy) is 1. The average molecular weight is 283 g/mol. The Kier molecular flexibility index (Phi) is 7.50. The van der Waals surface area contributed by atoms with Crippen LogP contribution in [-0.2, 0) is 15.7 Å². The van der Waals surface area contributed by atoms with E-state index in [4.69, 9.17) is 4.74 Å². The Bertz CT molecular complexity index is 274. The summed E-state index contributed by atoms with van der Waals surface area (Å²) in [6.07, 6.45) is -3.14. The van der Waals surface area contributed by atoms with Gasteiger partial charge in [-0.05, 0) is 27.7 Å². The highest BCUT2D eigenvalue weighted by atomic mass is 32.2. The van der Waals surface area contributed by atoms with Gasteiger partial charge >= 0.3 is 0 Å². The van der Waals surface area contributed by atoms with Crippen molar-refractivity contribution in [2.75, 3.05) is 13.7 Å². The fourth-order valence-electron chi connectivity index (χ4n) is 1.39. The standard InChI is InChI=1S/C11H25NO5S/c1-7(2)18(16)12-6-11(15,9(4)13)10(14)8(3)17-5/h7-10,12-15H,6H2,1-5H3. The third-order valence-corrected chi connectivity index (χ3v) is 4.26. The van der Waals surface area contributed by atoms with Crippen LogP contribution in [0.3, 0.4) is 0 Å². The van der Waals surface area contributed by atoms with Gasteiger partial charge < -0.3 is 20.1 Å². The van der Waals surface area contributed by atoms with Gasteiger partial charge in [0.15, 0.2) is 0 Å². The van der Waals surface area contributed by atoms with Crippen LogP contribution in [0.15, 0.2) is 0 Å². The van der Waals surface area contributed by atoms with Crippen molar-refractivity contribution in [3.8, 4) is 0 Å². The molecule has 6 nitrogen and oxygen atoms in total. The minimum Gasteiger partial charge on any atom is -0.390 e. The third kappa shape index (κ3) is 4.56. The van der Waals surface area contributed by atoms with Crippen molar-refractivity contribution in [3.05, 3.63) is 0 Å². The van der Waals surface area contributed by atoms with E-state index in [9.17, 15) is 19.5 Å². The van der Waals surface area contributed by atoms with E-state index in [2.05, 4.69) is 4.72 Å². The van der Waals surface area contributed by atoms with Crippen LogP contribution in [0.4, 0.5) is 0 Å². The van der Waals surface area contributed by atoms with Crippen molar-refractivity contribution >= 4 is 11.0 Å². The van der Waals surface area contributed by atoms with Crippen molar-refractivity contribution < 1.29 is 24.3 Å². The van der Waals surface area contributed by atoms with E-state index in [0.29, 0.717) is 0 Å². The number of hydrogen-bond donors (Lipinski definition) is 4. The highest BCUT2D eigenvalue weighted by Gasteiger charge is 2.43. The molecule has 0 aromatic carbocycles. The molecule has 0 bridgehead atoms. The molecule has 0 aliphatic carbocycles. The van der Waals surface area contributed by atoms with Crippen molar-refractivity contribution in [1.82, 2.24) is 4.72 Å².